The molecule has 0 aromatic rings. The molecule has 2 atom stereocenters. The van der Waals surface area contributed by atoms with Gasteiger partial charge in [0.1, 0.15) is 13.2 Å². The van der Waals surface area contributed by atoms with E-state index in [0.29, 0.717) is 17.4 Å². The van der Waals surface area contributed by atoms with Crippen LogP contribution in [0.1, 0.15) is 142 Å². The molecule has 0 aliphatic carbocycles. The van der Waals surface area contributed by atoms with Gasteiger partial charge in [0.05, 0.1) is 34.4 Å². The fourth-order valence-electron chi connectivity index (χ4n) is 5.08. The molecular weight excluding hydrogens is 670 g/mol. The summed E-state index contributed by atoms with van der Waals surface area (Å²) in [7, 11) is 5.92. The number of rotatable bonds is 36. The first-order valence-electron chi connectivity index (χ1n) is 20.5. The Balaban J connectivity index is 4.61. The van der Waals surface area contributed by atoms with Crippen molar-refractivity contribution in [3.05, 3.63) is 60.8 Å². The maximum Gasteiger partial charge on any atom is 0.361 e. The Bertz CT molecular complexity index is 1060. The summed E-state index contributed by atoms with van der Waals surface area (Å²) in [6.45, 7) is 4.62. The Morgan fingerprint density at radius 3 is 1.68 bits per heavy atom. The number of nitrogens with zero attached hydrogens (tertiary/aromatic N) is 1. The lowest BCUT2D eigenvalue weighted by molar-refractivity contribution is -0.870. The molecule has 1 N–H and O–H groups in total. The van der Waals surface area contributed by atoms with Gasteiger partial charge >= 0.3 is 17.9 Å². The Morgan fingerprint density at radius 2 is 1.11 bits per heavy atom. The predicted octanol–water partition coefficient (Wildman–Crippen LogP) is 10.2. The van der Waals surface area contributed by atoms with E-state index in [1.54, 1.807) is 0 Å². The number of carboxylic acid groups (broad SMARTS) is 1. The average Bonchev–Trinajstić information content (AvgIpc) is 3.11. The number of allylic oxidation sites excluding steroid dienone is 10. The molecule has 0 radical (unpaired) electrons. The van der Waals surface area contributed by atoms with E-state index in [1.165, 1.54) is 44.9 Å². The zero-order valence-corrected chi connectivity index (χ0v) is 34.2. The highest BCUT2D eigenvalue weighted by atomic mass is 16.7. The Hall–Kier alpha value is -3.01. The lowest BCUT2D eigenvalue weighted by Crippen LogP contribution is -2.40. The minimum atomic E-state index is -1.53. The molecule has 0 heterocycles. The second kappa shape index (κ2) is 36.0. The van der Waals surface area contributed by atoms with E-state index in [1.807, 2.05) is 33.3 Å². The first-order chi connectivity index (χ1) is 25.6. The molecule has 0 aromatic carbocycles. The highest BCUT2D eigenvalue weighted by Gasteiger charge is 2.25. The van der Waals surface area contributed by atoms with E-state index in [2.05, 4.69) is 62.5 Å². The maximum absolute atomic E-state index is 12.7. The zero-order chi connectivity index (χ0) is 39.3. The van der Waals surface area contributed by atoms with Gasteiger partial charge in [0.25, 0.3) is 6.29 Å². The summed E-state index contributed by atoms with van der Waals surface area (Å²) < 4.78 is 22.5. The van der Waals surface area contributed by atoms with E-state index in [-0.39, 0.29) is 38.6 Å². The van der Waals surface area contributed by atoms with E-state index in [9.17, 15) is 19.5 Å². The van der Waals surface area contributed by atoms with Crippen LogP contribution in [0.4, 0.5) is 0 Å². The van der Waals surface area contributed by atoms with Gasteiger partial charge in [-0.2, -0.15) is 0 Å². The number of esters is 2. The van der Waals surface area contributed by atoms with Gasteiger partial charge in [0, 0.05) is 12.8 Å². The first kappa shape index (κ1) is 50.0. The van der Waals surface area contributed by atoms with Crippen LogP contribution in [0.5, 0.6) is 0 Å². The number of quaternary nitrogens is 1. The molecule has 0 bridgehead atoms. The quantitative estimate of drug-likeness (QED) is 0.0222. The number of aliphatic carboxylic acids is 1. The van der Waals surface area contributed by atoms with Crippen molar-refractivity contribution in [3.63, 3.8) is 0 Å². The predicted molar refractivity (Wildman–Crippen MR) is 216 cm³/mol. The normalized spacial score (nSPS) is 13.6. The summed E-state index contributed by atoms with van der Waals surface area (Å²) in [4.78, 5) is 36.9. The van der Waals surface area contributed by atoms with Gasteiger partial charge in [0.2, 0.25) is 0 Å². The second-order valence-electron chi connectivity index (χ2n) is 14.6. The van der Waals surface area contributed by atoms with Crippen molar-refractivity contribution < 1.29 is 42.9 Å². The summed E-state index contributed by atoms with van der Waals surface area (Å²) in [6, 6.07) is 0. The summed E-state index contributed by atoms with van der Waals surface area (Å²) in [5.74, 6) is -2.14. The topological polar surface area (TPSA) is 108 Å². The minimum absolute atomic E-state index is 0.135. The molecule has 0 saturated carbocycles. The van der Waals surface area contributed by atoms with Crippen LogP contribution in [0, 0.1) is 0 Å². The SMILES string of the molecule is CC/C=C\C/C=C\C/C=C\C/C=C\CCC(=O)OC(COC(=O)CCCCCCC/C=C\CCCCCCCC)COC(OCC[N+](C)(C)C)C(=O)O. The monoisotopic (exact) mass is 747 g/mol. The number of ether oxygens (including phenoxy) is 4. The van der Waals surface area contributed by atoms with Crippen LogP contribution in [0.25, 0.3) is 0 Å². The number of hydrogen-bond acceptors (Lipinski definition) is 7. The third-order valence-electron chi connectivity index (χ3n) is 8.27. The summed E-state index contributed by atoms with van der Waals surface area (Å²) in [5.41, 5.74) is 0. The summed E-state index contributed by atoms with van der Waals surface area (Å²) in [5, 5.41) is 9.60. The molecule has 0 aromatic heterocycles. The van der Waals surface area contributed by atoms with Gasteiger partial charge in [-0.3, -0.25) is 9.59 Å². The van der Waals surface area contributed by atoms with Crippen molar-refractivity contribution in [2.75, 3.05) is 47.5 Å². The molecular formula is C44H76NO8+. The van der Waals surface area contributed by atoms with E-state index in [0.717, 1.165) is 64.2 Å². The molecule has 0 saturated heterocycles. The molecule has 0 spiro atoms. The van der Waals surface area contributed by atoms with Crippen LogP contribution in [0.15, 0.2) is 60.8 Å². The molecule has 0 rings (SSSR count). The van der Waals surface area contributed by atoms with Gasteiger partial charge in [-0.25, -0.2) is 4.79 Å². The lowest BCUT2D eigenvalue weighted by Gasteiger charge is -2.25. The summed E-state index contributed by atoms with van der Waals surface area (Å²) >= 11 is 0. The molecule has 304 valence electrons. The number of carbonyl (C=O) groups is 3. The smallest absolute Gasteiger partial charge is 0.361 e. The maximum atomic E-state index is 12.7. The fraction of sp³-hybridized carbons (Fsp3) is 0.705. The molecule has 9 heteroatoms. The number of likely N-dealkylation sites (N-methyl/N-ethyl adjacent to an activating group) is 1. The molecule has 0 amide bonds. The van der Waals surface area contributed by atoms with Gasteiger partial charge in [-0.15, -0.1) is 0 Å². The van der Waals surface area contributed by atoms with Crippen molar-refractivity contribution in [1.82, 2.24) is 0 Å². The number of carbonyl (C=O) groups excluding carboxylic acids is 2. The largest absolute Gasteiger partial charge is 0.477 e. The Morgan fingerprint density at radius 1 is 0.585 bits per heavy atom. The van der Waals surface area contributed by atoms with Crippen LogP contribution in [-0.4, -0.2) is 87.4 Å². The van der Waals surface area contributed by atoms with Crippen molar-refractivity contribution in [3.8, 4) is 0 Å². The van der Waals surface area contributed by atoms with Gasteiger partial charge in [-0.1, -0.05) is 126 Å². The number of unbranched alkanes of at least 4 members (excludes halogenated alkanes) is 11. The molecule has 0 fully saturated rings. The third-order valence-corrected chi connectivity index (χ3v) is 8.27. The van der Waals surface area contributed by atoms with Crippen LogP contribution >= 0.6 is 0 Å². The molecule has 53 heavy (non-hydrogen) atoms. The molecule has 2 unspecified atom stereocenters. The van der Waals surface area contributed by atoms with Gasteiger partial charge < -0.3 is 28.5 Å². The number of carboxylic acids is 1. The van der Waals surface area contributed by atoms with Crippen LogP contribution < -0.4 is 0 Å². The van der Waals surface area contributed by atoms with Crippen LogP contribution in [0.2, 0.25) is 0 Å². The van der Waals surface area contributed by atoms with Gasteiger partial charge in [-0.05, 0) is 64.2 Å². The van der Waals surface area contributed by atoms with Crippen molar-refractivity contribution in [2.45, 2.75) is 155 Å². The minimum Gasteiger partial charge on any atom is -0.477 e. The van der Waals surface area contributed by atoms with E-state index >= 15 is 0 Å². The average molecular weight is 747 g/mol. The highest BCUT2D eigenvalue weighted by molar-refractivity contribution is 5.71. The first-order valence-corrected chi connectivity index (χ1v) is 20.5. The van der Waals surface area contributed by atoms with E-state index in [4.69, 9.17) is 18.9 Å². The van der Waals surface area contributed by atoms with Crippen molar-refractivity contribution in [2.24, 2.45) is 0 Å². The molecule has 0 aliphatic heterocycles. The third kappa shape index (κ3) is 37.1. The van der Waals surface area contributed by atoms with Crippen LogP contribution in [0.3, 0.4) is 0 Å². The second-order valence-corrected chi connectivity index (χ2v) is 14.6. The Labute approximate surface area is 323 Å². The Kier molecular flexibility index (Phi) is 33.9. The van der Waals surface area contributed by atoms with Crippen LogP contribution in [-0.2, 0) is 33.3 Å². The number of hydrogen-bond donors (Lipinski definition) is 1. The standard InChI is InChI=1S/C44H75NO8/c1-6-8-10-12-14-16-18-20-21-23-24-26-28-30-32-34-41(46)51-38-40(39-52-44(43(48)49)50-37-36-45(3,4)5)53-42(47)35-33-31-29-27-25-22-19-17-15-13-11-9-7-2/h9,11,15,17,20-22,25,29,31,40,44H,6-8,10,12-14,16,18-19,23-24,26-28,30,32-39H2,1-5H3/p+1/b11-9-,17-15-,21-20-,25-22-,31-29-. The fourth-order valence-corrected chi connectivity index (χ4v) is 5.08. The lowest BCUT2D eigenvalue weighted by atomic mass is 10.1. The van der Waals surface area contributed by atoms with Crippen molar-refractivity contribution >= 4 is 17.9 Å². The van der Waals surface area contributed by atoms with Crippen molar-refractivity contribution in [1.29, 1.82) is 0 Å². The zero-order valence-electron chi connectivity index (χ0n) is 34.2. The van der Waals surface area contributed by atoms with E-state index < -0.39 is 24.3 Å². The summed E-state index contributed by atoms with van der Waals surface area (Å²) in [6.07, 6.45) is 38.7. The molecule has 0 aliphatic rings. The highest BCUT2D eigenvalue weighted by Crippen LogP contribution is 2.11. The molecule has 9 nitrogen and oxygen atoms in total. The van der Waals surface area contributed by atoms with Gasteiger partial charge in [0.15, 0.2) is 6.10 Å².